The zero-order valence-electron chi connectivity index (χ0n) is 18.2. The molecular formula is C28H28N2O2. The molecule has 1 aliphatic rings. The van der Waals surface area contributed by atoms with Gasteiger partial charge in [-0.15, -0.1) is 0 Å². The fourth-order valence-corrected chi connectivity index (χ4v) is 4.59. The van der Waals surface area contributed by atoms with Crippen molar-refractivity contribution < 1.29 is 9.21 Å². The summed E-state index contributed by atoms with van der Waals surface area (Å²) in [5.74, 6) is 1.30. The predicted octanol–water partition coefficient (Wildman–Crippen LogP) is 5.30. The van der Waals surface area contributed by atoms with E-state index in [1.165, 1.54) is 11.1 Å². The fourth-order valence-electron chi connectivity index (χ4n) is 4.59. The molecule has 0 saturated carbocycles. The summed E-state index contributed by atoms with van der Waals surface area (Å²) in [6.45, 7) is 4.03. The summed E-state index contributed by atoms with van der Waals surface area (Å²) in [5, 5.41) is 1.14. The molecule has 1 saturated heterocycles. The largest absolute Gasteiger partial charge is 0.460 e. The van der Waals surface area contributed by atoms with Crippen LogP contribution in [-0.2, 0) is 11.3 Å². The molecular weight excluding hydrogens is 396 g/mol. The molecule has 4 heteroatoms. The molecule has 1 amide bonds. The van der Waals surface area contributed by atoms with Crippen molar-refractivity contribution in [2.75, 3.05) is 26.2 Å². The molecule has 0 aliphatic carbocycles. The second kappa shape index (κ2) is 9.41. The van der Waals surface area contributed by atoms with Crippen LogP contribution < -0.4 is 0 Å². The summed E-state index contributed by atoms with van der Waals surface area (Å²) >= 11 is 0. The summed E-state index contributed by atoms with van der Waals surface area (Å²) in [6.07, 6.45) is 0.498. The van der Waals surface area contributed by atoms with Gasteiger partial charge in [-0.3, -0.25) is 9.69 Å². The van der Waals surface area contributed by atoms with Crippen LogP contribution >= 0.6 is 0 Å². The summed E-state index contributed by atoms with van der Waals surface area (Å²) in [5.41, 5.74) is 3.32. The first kappa shape index (κ1) is 20.5. The van der Waals surface area contributed by atoms with E-state index in [4.69, 9.17) is 4.42 Å². The maximum absolute atomic E-state index is 13.2. The molecule has 32 heavy (non-hydrogen) atoms. The Labute approximate surface area is 189 Å². The summed E-state index contributed by atoms with van der Waals surface area (Å²) in [4.78, 5) is 17.6. The summed E-state index contributed by atoms with van der Waals surface area (Å²) in [6, 6.07) is 31.0. The van der Waals surface area contributed by atoms with E-state index < -0.39 is 0 Å². The van der Waals surface area contributed by atoms with Crippen molar-refractivity contribution in [2.45, 2.75) is 18.9 Å². The molecule has 1 aliphatic heterocycles. The lowest BCUT2D eigenvalue weighted by molar-refractivity contribution is -0.133. The minimum Gasteiger partial charge on any atom is -0.460 e. The highest BCUT2D eigenvalue weighted by Crippen LogP contribution is 2.29. The van der Waals surface area contributed by atoms with Crippen molar-refractivity contribution in [3.05, 3.63) is 108 Å². The van der Waals surface area contributed by atoms with E-state index in [-0.39, 0.29) is 11.8 Å². The van der Waals surface area contributed by atoms with Gasteiger partial charge in [0.1, 0.15) is 11.3 Å². The molecule has 2 heterocycles. The zero-order valence-corrected chi connectivity index (χ0v) is 18.2. The minimum absolute atomic E-state index is 0.0819. The molecule has 1 aromatic heterocycles. The molecule has 5 rings (SSSR count). The molecule has 4 nitrogen and oxygen atoms in total. The molecule has 0 spiro atoms. The van der Waals surface area contributed by atoms with E-state index in [0.717, 1.165) is 49.5 Å². The number of furan rings is 1. The lowest BCUT2D eigenvalue weighted by atomic mass is 9.88. The number of hydrogen-bond donors (Lipinski definition) is 0. The van der Waals surface area contributed by atoms with Crippen molar-refractivity contribution in [2.24, 2.45) is 0 Å². The Morgan fingerprint density at radius 3 is 2.00 bits per heavy atom. The Morgan fingerprint density at radius 1 is 0.781 bits per heavy atom. The summed E-state index contributed by atoms with van der Waals surface area (Å²) < 4.78 is 5.97. The number of piperazine rings is 1. The topological polar surface area (TPSA) is 36.7 Å². The minimum atomic E-state index is 0.0819. The first-order valence-electron chi connectivity index (χ1n) is 11.3. The Bertz CT molecular complexity index is 1090. The quantitative estimate of drug-likeness (QED) is 0.421. The number of benzene rings is 3. The number of nitrogens with zero attached hydrogens (tertiary/aromatic N) is 2. The van der Waals surface area contributed by atoms with Crippen LogP contribution in [0, 0.1) is 0 Å². The number of amides is 1. The Kier molecular flexibility index (Phi) is 6.04. The number of carbonyl (C=O) groups is 1. The molecule has 4 aromatic rings. The van der Waals surface area contributed by atoms with E-state index in [0.29, 0.717) is 6.42 Å². The van der Waals surface area contributed by atoms with Crippen molar-refractivity contribution in [3.8, 4) is 0 Å². The maximum Gasteiger partial charge on any atom is 0.223 e. The Morgan fingerprint density at radius 2 is 1.38 bits per heavy atom. The van der Waals surface area contributed by atoms with E-state index in [1.807, 2.05) is 59.5 Å². The lowest BCUT2D eigenvalue weighted by Gasteiger charge is -2.35. The van der Waals surface area contributed by atoms with Crippen molar-refractivity contribution >= 4 is 16.9 Å². The van der Waals surface area contributed by atoms with Gasteiger partial charge in [-0.25, -0.2) is 0 Å². The first-order chi connectivity index (χ1) is 15.8. The second-order valence-electron chi connectivity index (χ2n) is 8.49. The van der Waals surface area contributed by atoms with Gasteiger partial charge >= 0.3 is 0 Å². The number of para-hydroxylation sites is 1. The fraction of sp³-hybridized carbons (Fsp3) is 0.250. The number of fused-ring (bicyclic) bond motifs is 1. The van der Waals surface area contributed by atoms with Gasteiger partial charge in [-0.2, -0.15) is 0 Å². The second-order valence-corrected chi connectivity index (χ2v) is 8.49. The highest BCUT2D eigenvalue weighted by Gasteiger charge is 2.25. The van der Waals surface area contributed by atoms with Gasteiger partial charge < -0.3 is 9.32 Å². The molecule has 0 N–H and O–H groups in total. The monoisotopic (exact) mass is 424 g/mol. The van der Waals surface area contributed by atoms with Crippen LogP contribution in [-0.4, -0.2) is 41.9 Å². The van der Waals surface area contributed by atoms with Crippen LogP contribution in [0.2, 0.25) is 0 Å². The van der Waals surface area contributed by atoms with Gasteiger partial charge in [0.2, 0.25) is 5.91 Å². The average Bonchev–Trinajstić information content (AvgIpc) is 3.26. The zero-order chi connectivity index (χ0) is 21.8. The van der Waals surface area contributed by atoms with Crippen molar-refractivity contribution in [1.29, 1.82) is 0 Å². The van der Waals surface area contributed by atoms with Crippen molar-refractivity contribution in [3.63, 3.8) is 0 Å². The third kappa shape index (κ3) is 4.61. The van der Waals surface area contributed by atoms with Crippen LogP contribution in [0.1, 0.15) is 29.2 Å². The van der Waals surface area contributed by atoms with Crippen molar-refractivity contribution in [1.82, 2.24) is 9.80 Å². The van der Waals surface area contributed by atoms with Gasteiger partial charge in [-0.1, -0.05) is 78.9 Å². The number of hydrogen-bond acceptors (Lipinski definition) is 3. The lowest BCUT2D eigenvalue weighted by Crippen LogP contribution is -2.48. The first-order valence-corrected chi connectivity index (χ1v) is 11.3. The molecule has 0 bridgehead atoms. The normalized spacial score (nSPS) is 14.8. The van der Waals surface area contributed by atoms with Crippen LogP contribution in [0.25, 0.3) is 11.0 Å². The number of rotatable bonds is 6. The molecule has 0 radical (unpaired) electrons. The van der Waals surface area contributed by atoms with E-state index in [1.54, 1.807) is 0 Å². The molecule has 162 valence electrons. The van der Waals surface area contributed by atoms with Gasteiger partial charge in [0.25, 0.3) is 0 Å². The van der Waals surface area contributed by atoms with Crippen LogP contribution in [0.15, 0.2) is 95.4 Å². The predicted molar refractivity (Wildman–Crippen MR) is 127 cm³/mol. The molecule has 1 fully saturated rings. The molecule has 3 aromatic carbocycles. The van der Waals surface area contributed by atoms with Gasteiger partial charge in [0.05, 0.1) is 6.54 Å². The van der Waals surface area contributed by atoms with E-state index in [2.05, 4.69) is 41.3 Å². The average molecular weight is 425 g/mol. The van der Waals surface area contributed by atoms with E-state index >= 15 is 0 Å². The Hall–Kier alpha value is -3.37. The highest BCUT2D eigenvalue weighted by molar-refractivity contribution is 5.78. The summed E-state index contributed by atoms with van der Waals surface area (Å²) in [7, 11) is 0. The third-order valence-corrected chi connectivity index (χ3v) is 6.36. The highest BCUT2D eigenvalue weighted by atomic mass is 16.3. The maximum atomic E-state index is 13.2. The van der Waals surface area contributed by atoms with E-state index in [9.17, 15) is 4.79 Å². The van der Waals surface area contributed by atoms with Gasteiger partial charge in [0.15, 0.2) is 0 Å². The van der Waals surface area contributed by atoms with Gasteiger partial charge in [0, 0.05) is 43.9 Å². The Balaban J connectivity index is 1.21. The van der Waals surface area contributed by atoms with Crippen LogP contribution in [0.5, 0.6) is 0 Å². The van der Waals surface area contributed by atoms with Crippen LogP contribution in [0.4, 0.5) is 0 Å². The van der Waals surface area contributed by atoms with Crippen LogP contribution in [0.3, 0.4) is 0 Å². The molecule has 0 atom stereocenters. The third-order valence-electron chi connectivity index (χ3n) is 6.36. The smallest absolute Gasteiger partial charge is 0.223 e. The standard InChI is InChI=1S/C28H28N2O2/c31-28(20-26(22-9-3-1-4-10-22)23-11-5-2-6-12-23)30-17-15-29(16-18-30)21-25-19-24-13-7-8-14-27(24)32-25/h1-14,19,26H,15-18,20-21H2. The van der Waals surface area contributed by atoms with Gasteiger partial charge in [-0.05, 0) is 23.3 Å². The SMILES string of the molecule is O=C(CC(c1ccccc1)c1ccccc1)N1CCN(Cc2cc3ccccc3o2)CC1. The molecule has 0 unspecified atom stereocenters. The number of carbonyl (C=O) groups excluding carboxylic acids is 1.